The van der Waals surface area contributed by atoms with Crippen LogP contribution in [0.1, 0.15) is 27.3 Å². The van der Waals surface area contributed by atoms with E-state index in [4.69, 9.17) is 5.26 Å². The van der Waals surface area contributed by atoms with Crippen molar-refractivity contribution in [3.63, 3.8) is 0 Å². The lowest BCUT2D eigenvalue weighted by molar-refractivity contribution is 1.35. The molecule has 3 heteroatoms. The van der Waals surface area contributed by atoms with E-state index in [9.17, 15) is 0 Å². The lowest BCUT2D eigenvalue weighted by Crippen LogP contribution is -1.79. The average Bonchev–Trinajstić information content (AvgIpc) is 2.87. The molecule has 0 bridgehead atoms. The summed E-state index contributed by atoms with van der Waals surface area (Å²) in [6.07, 6.45) is 4.00. The molecule has 0 aliphatic rings. The third-order valence-corrected chi connectivity index (χ3v) is 4.44. The highest BCUT2D eigenvalue weighted by molar-refractivity contribution is 7.19. The standard InChI is InChI=1S/C18H14N2S/c1-12-8-16-17(9-13(12)2)21-18(20-16)7-6-14-4-3-5-15(10-14)11-19/h3-10H,1-2H3/b7-6+. The summed E-state index contributed by atoms with van der Waals surface area (Å²) in [7, 11) is 0. The topological polar surface area (TPSA) is 36.7 Å². The molecule has 0 saturated carbocycles. The van der Waals surface area contributed by atoms with Gasteiger partial charge in [0, 0.05) is 0 Å². The molecule has 0 unspecified atom stereocenters. The first-order valence-electron chi connectivity index (χ1n) is 6.72. The fraction of sp³-hybridized carbons (Fsp3) is 0.111. The molecule has 0 spiro atoms. The Morgan fingerprint density at radius 2 is 1.90 bits per heavy atom. The van der Waals surface area contributed by atoms with Crippen LogP contribution in [0.4, 0.5) is 0 Å². The number of rotatable bonds is 2. The minimum Gasteiger partial charge on any atom is -0.237 e. The van der Waals surface area contributed by atoms with Crippen LogP contribution in [0.15, 0.2) is 36.4 Å². The van der Waals surface area contributed by atoms with E-state index in [0.717, 1.165) is 16.1 Å². The van der Waals surface area contributed by atoms with Crippen LogP contribution in [0, 0.1) is 25.2 Å². The minimum atomic E-state index is 0.674. The van der Waals surface area contributed by atoms with Gasteiger partial charge in [-0.15, -0.1) is 11.3 Å². The van der Waals surface area contributed by atoms with Gasteiger partial charge in [-0.3, -0.25) is 0 Å². The maximum atomic E-state index is 8.91. The van der Waals surface area contributed by atoms with Crippen molar-refractivity contribution in [3.8, 4) is 6.07 Å². The molecule has 0 fully saturated rings. The van der Waals surface area contributed by atoms with E-state index < -0.39 is 0 Å². The molecule has 21 heavy (non-hydrogen) atoms. The molecule has 0 aliphatic carbocycles. The number of hydrogen-bond donors (Lipinski definition) is 0. The van der Waals surface area contributed by atoms with Gasteiger partial charge in [0.05, 0.1) is 21.8 Å². The fourth-order valence-electron chi connectivity index (χ4n) is 2.15. The van der Waals surface area contributed by atoms with Crippen LogP contribution < -0.4 is 0 Å². The molecule has 0 saturated heterocycles. The third-order valence-electron chi connectivity index (χ3n) is 3.45. The Balaban J connectivity index is 1.94. The molecule has 2 aromatic carbocycles. The Bertz CT molecular complexity index is 843. The predicted molar refractivity (Wildman–Crippen MR) is 89.2 cm³/mol. The Morgan fingerprint density at radius 3 is 2.71 bits per heavy atom. The van der Waals surface area contributed by atoms with E-state index in [1.807, 2.05) is 30.4 Å². The van der Waals surface area contributed by atoms with Gasteiger partial charge in [-0.1, -0.05) is 18.2 Å². The second kappa shape index (κ2) is 5.51. The summed E-state index contributed by atoms with van der Waals surface area (Å²) < 4.78 is 1.21. The zero-order valence-electron chi connectivity index (χ0n) is 11.9. The molecule has 0 amide bonds. The normalized spacial score (nSPS) is 11.1. The second-order valence-electron chi connectivity index (χ2n) is 5.03. The van der Waals surface area contributed by atoms with Crippen LogP contribution in [0.3, 0.4) is 0 Å². The summed E-state index contributed by atoms with van der Waals surface area (Å²) in [5.41, 5.74) is 5.30. The highest BCUT2D eigenvalue weighted by Crippen LogP contribution is 2.26. The van der Waals surface area contributed by atoms with E-state index in [2.05, 4.69) is 37.0 Å². The number of hydrogen-bond acceptors (Lipinski definition) is 3. The number of benzene rings is 2. The van der Waals surface area contributed by atoms with Gasteiger partial charge in [-0.05, 0) is 60.9 Å². The number of nitriles is 1. The smallest absolute Gasteiger partial charge is 0.117 e. The highest BCUT2D eigenvalue weighted by Gasteiger charge is 2.03. The first kappa shape index (κ1) is 13.5. The van der Waals surface area contributed by atoms with E-state index in [1.165, 1.54) is 15.8 Å². The average molecular weight is 290 g/mol. The zero-order chi connectivity index (χ0) is 14.8. The van der Waals surface area contributed by atoms with Crippen LogP contribution >= 0.6 is 11.3 Å². The highest BCUT2D eigenvalue weighted by atomic mass is 32.1. The zero-order valence-corrected chi connectivity index (χ0v) is 12.7. The molecule has 1 heterocycles. The molecular formula is C18H14N2S. The van der Waals surface area contributed by atoms with Gasteiger partial charge in [0.25, 0.3) is 0 Å². The van der Waals surface area contributed by atoms with Crippen molar-refractivity contribution < 1.29 is 0 Å². The minimum absolute atomic E-state index is 0.674. The Labute approximate surface area is 128 Å². The van der Waals surface area contributed by atoms with Gasteiger partial charge >= 0.3 is 0 Å². The van der Waals surface area contributed by atoms with Crippen molar-refractivity contribution >= 4 is 33.7 Å². The van der Waals surface area contributed by atoms with Crippen LogP contribution in [0.2, 0.25) is 0 Å². The number of aryl methyl sites for hydroxylation is 2. The summed E-state index contributed by atoms with van der Waals surface area (Å²) in [5.74, 6) is 0. The van der Waals surface area contributed by atoms with E-state index in [-0.39, 0.29) is 0 Å². The lowest BCUT2D eigenvalue weighted by Gasteiger charge is -1.96. The first-order chi connectivity index (χ1) is 10.2. The van der Waals surface area contributed by atoms with Crippen molar-refractivity contribution in [2.75, 3.05) is 0 Å². The number of nitrogens with zero attached hydrogens (tertiary/aromatic N) is 2. The fourth-order valence-corrected chi connectivity index (χ4v) is 3.10. The SMILES string of the molecule is Cc1cc2nc(/C=C/c3cccc(C#N)c3)sc2cc1C. The maximum absolute atomic E-state index is 8.91. The largest absolute Gasteiger partial charge is 0.237 e. The first-order valence-corrected chi connectivity index (χ1v) is 7.53. The molecule has 0 N–H and O–H groups in total. The molecule has 0 atom stereocenters. The monoisotopic (exact) mass is 290 g/mol. The Hall–Kier alpha value is -2.44. The third kappa shape index (κ3) is 2.86. The van der Waals surface area contributed by atoms with Crippen molar-refractivity contribution in [1.82, 2.24) is 4.98 Å². The van der Waals surface area contributed by atoms with Gasteiger partial charge in [-0.25, -0.2) is 4.98 Å². The summed E-state index contributed by atoms with van der Waals surface area (Å²) >= 11 is 1.69. The maximum Gasteiger partial charge on any atom is 0.117 e. The number of aromatic nitrogens is 1. The van der Waals surface area contributed by atoms with Crippen LogP contribution in [-0.4, -0.2) is 4.98 Å². The van der Waals surface area contributed by atoms with Gasteiger partial charge in [0.1, 0.15) is 5.01 Å². The summed E-state index contributed by atoms with van der Waals surface area (Å²) in [6, 6.07) is 14.0. The molecule has 2 nitrogen and oxygen atoms in total. The van der Waals surface area contributed by atoms with Crippen LogP contribution in [0.25, 0.3) is 22.4 Å². The predicted octanol–water partition coefficient (Wildman–Crippen LogP) is 4.96. The second-order valence-corrected chi connectivity index (χ2v) is 6.09. The van der Waals surface area contributed by atoms with Gasteiger partial charge < -0.3 is 0 Å². The molecule has 0 radical (unpaired) electrons. The van der Waals surface area contributed by atoms with Crippen LogP contribution in [0.5, 0.6) is 0 Å². The summed E-state index contributed by atoms with van der Waals surface area (Å²) in [6.45, 7) is 4.23. The summed E-state index contributed by atoms with van der Waals surface area (Å²) in [4.78, 5) is 4.64. The Kier molecular flexibility index (Phi) is 3.55. The van der Waals surface area contributed by atoms with E-state index in [0.29, 0.717) is 5.56 Å². The number of thiazole rings is 1. The van der Waals surface area contributed by atoms with E-state index >= 15 is 0 Å². The van der Waals surface area contributed by atoms with Crippen LogP contribution in [-0.2, 0) is 0 Å². The van der Waals surface area contributed by atoms with E-state index in [1.54, 1.807) is 17.4 Å². The van der Waals surface area contributed by atoms with Gasteiger partial charge in [-0.2, -0.15) is 5.26 Å². The molecule has 1 aromatic heterocycles. The quantitative estimate of drug-likeness (QED) is 0.669. The molecule has 3 rings (SSSR count). The molecular weight excluding hydrogens is 276 g/mol. The molecule has 102 valence electrons. The molecule has 0 aliphatic heterocycles. The summed E-state index contributed by atoms with van der Waals surface area (Å²) in [5, 5.41) is 9.89. The van der Waals surface area contributed by atoms with Crippen molar-refractivity contribution in [2.45, 2.75) is 13.8 Å². The van der Waals surface area contributed by atoms with Crippen molar-refractivity contribution in [3.05, 3.63) is 63.7 Å². The number of fused-ring (bicyclic) bond motifs is 1. The van der Waals surface area contributed by atoms with Gasteiger partial charge in [0.15, 0.2) is 0 Å². The lowest BCUT2D eigenvalue weighted by atomic mass is 10.1. The van der Waals surface area contributed by atoms with Gasteiger partial charge in [0.2, 0.25) is 0 Å². The molecule has 3 aromatic rings. The Morgan fingerprint density at radius 1 is 1.10 bits per heavy atom. The van der Waals surface area contributed by atoms with Crippen molar-refractivity contribution in [2.24, 2.45) is 0 Å². The van der Waals surface area contributed by atoms with Crippen molar-refractivity contribution in [1.29, 1.82) is 5.26 Å².